The molecule has 0 saturated carbocycles. The summed E-state index contributed by atoms with van der Waals surface area (Å²) in [4.78, 5) is 3.55. The van der Waals surface area contributed by atoms with Crippen LogP contribution in [0.2, 0.25) is 0 Å². The zero-order valence-electron chi connectivity index (χ0n) is 73.3. The van der Waals surface area contributed by atoms with E-state index in [1.54, 1.807) is 34.0 Å². The maximum Gasteiger partial charge on any atom is 0.150 e. The van der Waals surface area contributed by atoms with Gasteiger partial charge in [-0.1, -0.05) is 324 Å². The van der Waals surface area contributed by atoms with E-state index in [2.05, 4.69) is 186 Å². The molecule has 0 amide bonds. The predicted octanol–water partition coefficient (Wildman–Crippen LogP) is 36.4. The van der Waals surface area contributed by atoms with Crippen LogP contribution in [0.5, 0.6) is 34.5 Å². The molecule has 0 aliphatic carbocycles. The van der Waals surface area contributed by atoms with E-state index in [9.17, 15) is 0 Å². The third-order valence-electron chi connectivity index (χ3n) is 12.1. The van der Waals surface area contributed by atoms with Crippen molar-refractivity contribution in [2.45, 2.75) is 256 Å². The summed E-state index contributed by atoms with van der Waals surface area (Å²) in [7, 11) is 0. The number of thiophene rings is 3. The molecule has 3 nitrogen and oxygen atoms in total. The molecular formula is C97H145O3S3W3-3. The SMILES string of the molecule is CC.CC.CC.CC.CC.CC.CC.CC.CC.CC.CC.CC.CC.CC.CC.CC.Cc1ccc(-c2sc3ccccc3c2Oc2cc[c-]cc2)c(C)c1.Cc1cccc(C)c1-c1sc2ccccc2c1Oc1cc[c-]cc1.Cc1ccccc1-c1sc2ccccc2c1Oc1cc[c-]cc1.[W].[W].[W]. The average molecular weight is 2010 g/mol. The van der Waals surface area contributed by atoms with Crippen molar-refractivity contribution in [2.24, 2.45) is 0 Å². The van der Waals surface area contributed by atoms with Gasteiger partial charge in [0.05, 0.1) is 14.6 Å². The smallest absolute Gasteiger partial charge is 0.150 e. The van der Waals surface area contributed by atoms with Crippen LogP contribution in [0.25, 0.3) is 61.6 Å². The molecule has 3 heterocycles. The van der Waals surface area contributed by atoms with Crippen LogP contribution in [0, 0.1) is 52.8 Å². The zero-order chi connectivity index (χ0) is 80.7. The van der Waals surface area contributed by atoms with Gasteiger partial charge >= 0.3 is 0 Å². The van der Waals surface area contributed by atoms with Crippen molar-refractivity contribution < 1.29 is 77.4 Å². The molecule has 0 aliphatic heterocycles. The summed E-state index contributed by atoms with van der Waals surface area (Å²) in [5.41, 5.74) is 10.1. The first-order chi connectivity index (χ1) is 50.8. The van der Waals surface area contributed by atoms with Gasteiger partial charge in [-0.05, 0) is 104 Å². The number of aryl methyl sites for hydroxylation is 5. The van der Waals surface area contributed by atoms with E-state index < -0.39 is 0 Å². The Morgan fingerprint density at radius 2 is 0.481 bits per heavy atom. The number of rotatable bonds is 9. The second-order valence-corrected chi connectivity index (χ2v) is 20.3. The first-order valence-corrected chi connectivity index (χ1v) is 41.9. The molecule has 0 unspecified atom stereocenters. The van der Waals surface area contributed by atoms with Crippen molar-refractivity contribution in [3.8, 4) is 65.8 Å². The van der Waals surface area contributed by atoms with Gasteiger partial charge in [-0.25, -0.2) is 0 Å². The van der Waals surface area contributed by atoms with Crippen molar-refractivity contribution in [1.82, 2.24) is 0 Å². The summed E-state index contributed by atoms with van der Waals surface area (Å²) in [6, 6.07) is 78.7. The fraction of sp³-hybridized carbons (Fsp3) is 0.381. The molecule has 0 atom stereocenters. The van der Waals surface area contributed by atoms with Crippen molar-refractivity contribution >= 4 is 64.3 Å². The number of benzene rings is 9. The van der Waals surface area contributed by atoms with E-state index in [1.807, 2.05) is 294 Å². The molecule has 12 aromatic rings. The molecule has 0 aliphatic rings. The van der Waals surface area contributed by atoms with Gasteiger partial charge < -0.3 is 14.2 Å². The van der Waals surface area contributed by atoms with Crippen molar-refractivity contribution in [3.05, 3.63) is 252 Å². The quantitative estimate of drug-likeness (QED) is 0.135. The van der Waals surface area contributed by atoms with Crippen molar-refractivity contribution in [3.63, 3.8) is 0 Å². The molecule has 0 radical (unpaired) electrons. The van der Waals surface area contributed by atoms with Crippen LogP contribution in [-0.4, -0.2) is 0 Å². The Labute approximate surface area is 709 Å². The van der Waals surface area contributed by atoms with Gasteiger partial charge in [0.1, 0.15) is 0 Å². The zero-order valence-corrected chi connectivity index (χ0v) is 84.6. The van der Waals surface area contributed by atoms with Gasteiger partial charge in [-0.2, -0.15) is 54.6 Å². The van der Waals surface area contributed by atoms with Gasteiger partial charge in [0.2, 0.25) is 0 Å². The molecule has 9 heteroatoms. The second kappa shape index (κ2) is 84.9. The predicted molar refractivity (Wildman–Crippen MR) is 483 cm³/mol. The van der Waals surface area contributed by atoms with E-state index in [-0.39, 0.29) is 63.2 Å². The number of hydrogen-bond donors (Lipinski definition) is 0. The molecule has 3 aromatic heterocycles. The minimum Gasteiger partial charge on any atom is -0.481 e. The van der Waals surface area contributed by atoms with Crippen molar-refractivity contribution in [2.75, 3.05) is 0 Å². The van der Waals surface area contributed by atoms with Gasteiger partial charge in [0.25, 0.3) is 0 Å². The number of fused-ring (bicyclic) bond motifs is 3. The molecule has 0 fully saturated rings. The molecule has 12 rings (SSSR count). The summed E-state index contributed by atoms with van der Waals surface area (Å²) in [6.45, 7) is 74.7. The summed E-state index contributed by atoms with van der Waals surface area (Å²) in [5.74, 6) is 5.33. The van der Waals surface area contributed by atoms with Crippen LogP contribution in [-0.2, 0) is 63.2 Å². The normalized spacial score (nSPS) is 8.20. The molecule has 106 heavy (non-hydrogen) atoms. The summed E-state index contributed by atoms with van der Waals surface area (Å²) >= 11 is 5.35. The maximum absolute atomic E-state index is 6.32. The van der Waals surface area contributed by atoms with Crippen molar-refractivity contribution in [1.29, 1.82) is 0 Å². The second-order valence-electron chi connectivity index (χ2n) is 17.2. The fourth-order valence-corrected chi connectivity index (χ4v) is 12.4. The Bertz CT molecular complexity index is 3740. The Hall–Kier alpha value is -5.68. The van der Waals surface area contributed by atoms with Gasteiger partial charge in [-0.3, -0.25) is 0 Å². The van der Waals surface area contributed by atoms with E-state index in [0.29, 0.717) is 0 Å². The van der Waals surface area contributed by atoms with Crippen LogP contribution >= 0.6 is 34.0 Å². The summed E-state index contributed by atoms with van der Waals surface area (Å²) < 4.78 is 22.6. The van der Waals surface area contributed by atoms with E-state index in [0.717, 1.165) is 50.7 Å². The minimum absolute atomic E-state index is 0. The van der Waals surface area contributed by atoms with E-state index in [4.69, 9.17) is 14.2 Å². The van der Waals surface area contributed by atoms with Gasteiger partial charge in [0.15, 0.2) is 17.2 Å². The largest absolute Gasteiger partial charge is 0.481 e. The molecule has 0 bridgehead atoms. The topological polar surface area (TPSA) is 27.7 Å². The van der Waals surface area contributed by atoms with E-state index in [1.165, 1.54) is 73.2 Å². The minimum atomic E-state index is 0. The van der Waals surface area contributed by atoms with E-state index >= 15 is 0 Å². The monoisotopic (exact) mass is 2010 g/mol. The molecule has 0 spiro atoms. The Morgan fingerprint density at radius 1 is 0.236 bits per heavy atom. The van der Waals surface area contributed by atoms with Crippen LogP contribution in [0.1, 0.15) is 249 Å². The third-order valence-corrected chi connectivity index (χ3v) is 15.6. The van der Waals surface area contributed by atoms with Crippen LogP contribution in [0.15, 0.2) is 206 Å². The first kappa shape index (κ1) is 121. The molecule has 0 saturated heterocycles. The Kier molecular flexibility index (Phi) is 97.2. The standard InChI is InChI=1S/2C22H17OS.C21H15OS.16C2H6.3W/c1-15-9-8-10-16(2)20(15)22-21(23-17-11-4-3-5-12-17)18-13-6-7-14-19(18)24-22;1-15-12-13-18(16(2)14-15)22-21(23-17-8-4-3-5-9-17)19-10-6-7-11-20(19)24-22;1-15-9-5-6-12-17(15)21-20(22-16-10-3-2-4-11-16)18-13-7-8-14-19(18)23-21;16*1-2;;;/h2*4-14H,1-2H3;3-14H,1H3;16*1-2H3;;;/q3*-1;;;;;;;;;;;;;;;;;;;. The fourth-order valence-electron chi connectivity index (χ4n) is 8.63. The third kappa shape index (κ3) is 41.8. The number of hydrogen-bond acceptors (Lipinski definition) is 6. The van der Waals surface area contributed by atoms with Crippen LogP contribution in [0.4, 0.5) is 0 Å². The Morgan fingerprint density at radius 3 is 0.774 bits per heavy atom. The number of ether oxygens (including phenoxy) is 3. The van der Waals surface area contributed by atoms with Crippen LogP contribution in [0.3, 0.4) is 0 Å². The molecule has 590 valence electrons. The maximum atomic E-state index is 6.32. The van der Waals surface area contributed by atoms with Crippen LogP contribution < -0.4 is 14.2 Å². The van der Waals surface area contributed by atoms with Gasteiger partial charge in [0, 0.05) is 116 Å². The molecule has 0 N–H and O–H groups in total. The summed E-state index contributed by atoms with van der Waals surface area (Å²) in [6.07, 6.45) is 0. The molecule has 9 aromatic carbocycles. The molecular weight excluding hydrogens is 1860 g/mol. The summed E-state index contributed by atoms with van der Waals surface area (Å²) in [5, 5.41) is 3.47. The first-order valence-electron chi connectivity index (χ1n) is 39.5. The van der Waals surface area contributed by atoms with Gasteiger partial charge in [-0.15, -0.1) is 70.4 Å². The average Bonchev–Trinajstić information content (AvgIpc) is 1.64. The Balaban J connectivity index is -0.000000135.